The van der Waals surface area contributed by atoms with Crippen LogP contribution in [0, 0.1) is 0 Å². The van der Waals surface area contributed by atoms with Gasteiger partial charge < -0.3 is 35.2 Å². The lowest BCUT2D eigenvalue weighted by Gasteiger charge is -2.31. The van der Waals surface area contributed by atoms with Gasteiger partial charge in [0.1, 0.15) is 12.2 Å². The molecule has 0 aromatic heterocycles. The molecule has 3 rings (SSSR count). The number of benzene rings is 2. The standard InChI is InChI=1S/C24H33NO6/c26-13-20(14-27)25-19-11-21(28)23(30-15-17-7-3-1-4-8-17)24(22(29)12-19)31-16-18-9-5-2-6-10-18/h1-10,19-29H,11-16H2/t21-,22-,23+,24+/m0/s1. The zero-order chi connectivity index (χ0) is 22.1. The smallest absolute Gasteiger partial charge is 0.112 e. The van der Waals surface area contributed by atoms with E-state index in [1.165, 1.54) is 0 Å². The Bertz CT molecular complexity index is 685. The van der Waals surface area contributed by atoms with Crippen LogP contribution in [-0.4, -0.2) is 70.1 Å². The van der Waals surface area contributed by atoms with Gasteiger partial charge in [-0.3, -0.25) is 0 Å². The second-order valence-electron chi connectivity index (χ2n) is 8.05. The molecule has 7 heteroatoms. The van der Waals surface area contributed by atoms with E-state index in [1.807, 2.05) is 60.7 Å². The molecule has 0 aliphatic heterocycles. The summed E-state index contributed by atoms with van der Waals surface area (Å²) in [6.07, 6.45) is -2.63. The highest BCUT2D eigenvalue weighted by molar-refractivity contribution is 5.14. The zero-order valence-corrected chi connectivity index (χ0v) is 17.6. The Hall–Kier alpha value is -1.84. The van der Waals surface area contributed by atoms with E-state index in [0.29, 0.717) is 12.8 Å². The fourth-order valence-electron chi connectivity index (χ4n) is 3.96. The van der Waals surface area contributed by atoms with Gasteiger partial charge >= 0.3 is 0 Å². The number of hydrogen-bond donors (Lipinski definition) is 5. The maximum absolute atomic E-state index is 11.0. The van der Waals surface area contributed by atoms with Crippen molar-refractivity contribution in [3.63, 3.8) is 0 Å². The first kappa shape index (κ1) is 23.8. The predicted octanol–water partition coefficient (Wildman–Crippen LogP) is 0.984. The molecule has 7 nitrogen and oxygen atoms in total. The van der Waals surface area contributed by atoms with Crippen molar-refractivity contribution in [3.05, 3.63) is 71.8 Å². The predicted molar refractivity (Wildman–Crippen MR) is 116 cm³/mol. The van der Waals surface area contributed by atoms with E-state index in [4.69, 9.17) is 9.47 Å². The average molecular weight is 432 g/mol. The van der Waals surface area contributed by atoms with Crippen molar-refractivity contribution in [3.8, 4) is 0 Å². The van der Waals surface area contributed by atoms with E-state index >= 15 is 0 Å². The van der Waals surface area contributed by atoms with Gasteiger partial charge in [0.05, 0.1) is 44.7 Å². The number of nitrogens with one attached hydrogen (secondary N) is 1. The van der Waals surface area contributed by atoms with Crippen LogP contribution >= 0.6 is 0 Å². The Morgan fingerprint density at radius 3 is 1.55 bits per heavy atom. The van der Waals surface area contributed by atoms with Crippen molar-refractivity contribution in [2.75, 3.05) is 13.2 Å². The Kier molecular flexibility index (Phi) is 9.42. The third kappa shape index (κ3) is 7.08. The molecule has 5 N–H and O–H groups in total. The molecule has 1 aliphatic carbocycles. The molecule has 2 aromatic rings. The minimum atomic E-state index is -0.892. The molecule has 1 aliphatic rings. The Balaban J connectivity index is 1.74. The molecular formula is C24H33NO6. The first-order valence-electron chi connectivity index (χ1n) is 10.8. The second kappa shape index (κ2) is 12.3. The average Bonchev–Trinajstić information content (AvgIpc) is 2.91. The van der Waals surface area contributed by atoms with E-state index in [2.05, 4.69) is 5.32 Å². The quantitative estimate of drug-likeness (QED) is 0.357. The summed E-state index contributed by atoms with van der Waals surface area (Å²) >= 11 is 0. The fourth-order valence-corrected chi connectivity index (χ4v) is 3.96. The van der Waals surface area contributed by atoms with Gasteiger partial charge in [-0.15, -0.1) is 0 Å². The molecule has 0 heterocycles. The summed E-state index contributed by atoms with van der Waals surface area (Å²) in [4.78, 5) is 0. The van der Waals surface area contributed by atoms with Crippen LogP contribution in [0.5, 0.6) is 0 Å². The first-order chi connectivity index (χ1) is 15.1. The van der Waals surface area contributed by atoms with Gasteiger partial charge in [0.25, 0.3) is 0 Å². The molecule has 170 valence electrons. The van der Waals surface area contributed by atoms with E-state index in [1.54, 1.807) is 0 Å². The summed E-state index contributed by atoms with van der Waals surface area (Å²) in [5, 5.41) is 43.8. The lowest BCUT2D eigenvalue weighted by atomic mass is 10.0. The van der Waals surface area contributed by atoms with Crippen molar-refractivity contribution in [1.82, 2.24) is 5.32 Å². The first-order valence-corrected chi connectivity index (χ1v) is 10.8. The van der Waals surface area contributed by atoms with Gasteiger partial charge in [-0.05, 0) is 24.0 Å². The van der Waals surface area contributed by atoms with Crippen LogP contribution in [0.25, 0.3) is 0 Å². The molecule has 0 bridgehead atoms. The van der Waals surface area contributed by atoms with Crippen LogP contribution < -0.4 is 5.32 Å². The second-order valence-corrected chi connectivity index (χ2v) is 8.05. The summed E-state index contributed by atoms with van der Waals surface area (Å²) in [6.45, 7) is 0.102. The monoisotopic (exact) mass is 431 g/mol. The van der Waals surface area contributed by atoms with Gasteiger partial charge in [0.15, 0.2) is 0 Å². The molecule has 31 heavy (non-hydrogen) atoms. The fraction of sp³-hybridized carbons (Fsp3) is 0.500. The van der Waals surface area contributed by atoms with Crippen LogP contribution in [0.2, 0.25) is 0 Å². The number of ether oxygens (including phenoxy) is 2. The van der Waals surface area contributed by atoms with E-state index in [0.717, 1.165) is 11.1 Å². The van der Waals surface area contributed by atoms with Crippen molar-refractivity contribution in [2.24, 2.45) is 0 Å². The number of hydrogen-bond acceptors (Lipinski definition) is 7. The van der Waals surface area contributed by atoms with E-state index < -0.39 is 30.5 Å². The van der Waals surface area contributed by atoms with Crippen LogP contribution in [-0.2, 0) is 22.7 Å². The van der Waals surface area contributed by atoms with Crippen LogP contribution in [0.4, 0.5) is 0 Å². The van der Waals surface area contributed by atoms with Crippen LogP contribution in [0.15, 0.2) is 60.7 Å². The van der Waals surface area contributed by atoms with Crippen molar-refractivity contribution in [1.29, 1.82) is 0 Å². The third-order valence-electron chi connectivity index (χ3n) is 5.62. The molecule has 0 spiro atoms. The lowest BCUT2D eigenvalue weighted by molar-refractivity contribution is -0.159. The molecule has 0 unspecified atom stereocenters. The lowest BCUT2D eigenvalue weighted by Crippen LogP contribution is -2.45. The molecule has 4 atom stereocenters. The summed E-state index contributed by atoms with van der Waals surface area (Å²) in [6, 6.07) is 18.5. The largest absolute Gasteiger partial charge is 0.395 e. The van der Waals surface area contributed by atoms with Gasteiger partial charge in [-0.1, -0.05) is 60.7 Å². The molecular weight excluding hydrogens is 398 g/mol. The SMILES string of the molecule is OCC(CO)NC1C[C@H](O)[C@@H](OCc2ccccc2)[C@H](OCc2ccccc2)[C@@H](O)C1. The van der Waals surface area contributed by atoms with Crippen molar-refractivity contribution in [2.45, 2.75) is 62.6 Å². The van der Waals surface area contributed by atoms with Gasteiger partial charge in [0.2, 0.25) is 0 Å². The number of aliphatic hydroxyl groups is 4. The Morgan fingerprint density at radius 2 is 1.16 bits per heavy atom. The molecule has 0 saturated heterocycles. The normalized spacial score (nSPS) is 24.9. The van der Waals surface area contributed by atoms with Crippen LogP contribution in [0.1, 0.15) is 24.0 Å². The third-order valence-corrected chi connectivity index (χ3v) is 5.62. The summed E-state index contributed by atoms with van der Waals surface area (Å²) in [5.41, 5.74) is 1.93. The Morgan fingerprint density at radius 1 is 0.742 bits per heavy atom. The summed E-state index contributed by atoms with van der Waals surface area (Å²) in [5.74, 6) is 0. The van der Waals surface area contributed by atoms with Crippen LogP contribution in [0.3, 0.4) is 0 Å². The van der Waals surface area contributed by atoms with E-state index in [9.17, 15) is 20.4 Å². The minimum Gasteiger partial charge on any atom is -0.395 e. The summed E-state index contributed by atoms with van der Waals surface area (Å²) < 4.78 is 12.2. The number of rotatable bonds is 10. The zero-order valence-electron chi connectivity index (χ0n) is 17.6. The molecule has 2 aromatic carbocycles. The maximum atomic E-state index is 11.0. The molecule has 1 fully saturated rings. The van der Waals surface area contributed by atoms with Gasteiger partial charge in [-0.2, -0.15) is 0 Å². The van der Waals surface area contributed by atoms with E-state index in [-0.39, 0.29) is 32.5 Å². The van der Waals surface area contributed by atoms with Crippen molar-refractivity contribution >= 4 is 0 Å². The van der Waals surface area contributed by atoms with Crippen molar-refractivity contribution < 1.29 is 29.9 Å². The highest BCUT2D eigenvalue weighted by Crippen LogP contribution is 2.27. The molecule has 0 amide bonds. The molecule has 1 saturated carbocycles. The van der Waals surface area contributed by atoms with Gasteiger partial charge in [-0.25, -0.2) is 0 Å². The topological polar surface area (TPSA) is 111 Å². The minimum absolute atomic E-state index is 0.235. The maximum Gasteiger partial charge on any atom is 0.112 e. The highest BCUT2D eigenvalue weighted by Gasteiger charge is 2.41. The highest BCUT2D eigenvalue weighted by atomic mass is 16.6. The molecule has 0 radical (unpaired) electrons. The number of aliphatic hydroxyl groups excluding tert-OH is 4. The Labute approximate surface area is 183 Å². The van der Waals surface area contributed by atoms with Gasteiger partial charge in [0, 0.05) is 6.04 Å². The summed E-state index contributed by atoms with van der Waals surface area (Å²) in [7, 11) is 0.